The van der Waals surface area contributed by atoms with Crippen LogP contribution in [0.5, 0.6) is 0 Å². The summed E-state index contributed by atoms with van der Waals surface area (Å²) in [5.74, 6) is 0.816. The van der Waals surface area contributed by atoms with Gasteiger partial charge in [-0.1, -0.05) is 0 Å². The van der Waals surface area contributed by atoms with E-state index >= 15 is 0 Å². The van der Waals surface area contributed by atoms with Crippen LogP contribution in [-0.2, 0) is 4.79 Å². The van der Waals surface area contributed by atoms with E-state index < -0.39 is 0 Å². The molecular formula is C11H22N2O2. The molecule has 15 heavy (non-hydrogen) atoms. The van der Waals surface area contributed by atoms with Crippen molar-refractivity contribution in [2.45, 2.75) is 45.3 Å². The molecule has 0 heterocycles. The van der Waals surface area contributed by atoms with Crippen LogP contribution in [0.3, 0.4) is 0 Å². The van der Waals surface area contributed by atoms with E-state index in [2.05, 4.69) is 10.6 Å². The summed E-state index contributed by atoms with van der Waals surface area (Å²) in [6.45, 7) is 4.98. The van der Waals surface area contributed by atoms with E-state index in [0.29, 0.717) is 13.0 Å². The molecule has 1 aliphatic rings. The molecule has 0 aliphatic heterocycles. The Morgan fingerprint density at radius 1 is 1.47 bits per heavy atom. The Kier molecular flexibility index (Phi) is 5.05. The largest absolute Gasteiger partial charge is 0.393 e. The number of amides is 1. The number of rotatable bonds is 7. The molecule has 0 saturated heterocycles. The predicted octanol–water partition coefficient (Wildman–Crippen LogP) is 0.262. The highest BCUT2D eigenvalue weighted by molar-refractivity contribution is 5.78. The molecule has 0 aromatic carbocycles. The van der Waals surface area contributed by atoms with Gasteiger partial charge in [0.25, 0.3) is 0 Å². The summed E-state index contributed by atoms with van der Waals surface area (Å²) in [4.78, 5) is 11.4. The number of carbonyl (C=O) groups is 1. The number of aliphatic hydroxyl groups excluding tert-OH is 1. The van der Waals surface area contributed by atoms with Gasteiger partial charge in [0.2, 0.25) is 5.91 Å². The van der Waals surface area contributed by atoms with E-state index in [9.17, 15) is 4.79 Å². The molecule has 0 spiro atoms. The molecule has 1 fully saturated rings. The molecule has 0 aromatic heterocycles. The topological polar surface area (TPSA) is 61.4 Å². The van der Waals surface area contributed by atoms with Crippen LogP contribution in [0.2, 0.25) is 0 Å². The molecule has 4 heteroatoms. The standard InChI is InChI=1S/C11H22N2O2/c1-8(5-9(2)14)13-11(15)7-12-6-10-3-4-10/h8-10,12,14H,3-7H2,1-2H3,(H,13,15). The average molecular weight is 214 g/mol. The Bertz CT molecular complexity index is 203. The van der Waals surface area contributed by atoms with Crippen LogP contribution in [-0.4, -0.2) is 36.2 Å². The Morgan fingerprint density at radius 3 is 2.67 bits per heavy atom. The first-order chi connectivity index (χ1) is 7.08. The summed E-state index contributed by atoms with van der Waals surface area (Å²) < 4.78 is 0. The van der Waals surface area contributed by atoms with Gasteiger partial charge in [0, 0.05) is 6.04 Å². The van der Waals surface area contributed by atoms with Gasteiger partial charge in [-0.15, -0.1) is 0 Å². The SMILES string of the molecule is CC(O)CC(C)NC(=O)CNCC1CC1. The molecule has 2 atom stereocenters. The minimum Gasteiger partial charge on any atom is -0.393 e. The van der Waals surface area contributed by atoms with Gasteiger partial charge < -0.3 is 15.7 Å². The van der Waals surface area contributed by atoms with Gasteiger partial charge in [-0.25, -0.2) is 0 Å². The first kappa shape index (κ1) is 12.5. The molecule has 88 valence electrons. The Labute approximate surface area is 91.4 Å². The second-order valence-electron chi connectivity index (χ2n) is 4.63. The quantitative estimate of drug-likeness (QED) is 0.570. The lowest BCUT2D eigenvalue weighted by atomic mass is 10.1. The monoisotopic (exact) mass is 214 g/mol. The number of carbonyl (C=O) groups excluding carboxylic acids is 1. The van der Waals surface area contributed by atoms with E-state index in [1.54, 1.807) is 6.92 Å². The fourth-order valence-corrected chi connectivity index (χ4v) is 1.61. The second kappa shape index (κ2) is 6.08. The number of hydrogen-bond acceptors (Lipinski definition) is 3. The van der Waals surface area contributed by atoms with Crippen LogP contribution >= 0.6 is 0 Å². The number of nitrogens with one attached hydrogen (secondary N) is 2. The first-order valence-electron chi connectivity index (χ1n) is 5.76. The third-order valence-electron chi connectivity index (χ3n) is 2.52. The maximum Gasteiger partial charge on any atom is 0.234 e. The molecule has 1 rings (SSSR count). The molecule has 0 radical (unpaired) electrons. The highest BCUT2D eigenvalue weighted by Crippen LogP contribution is 2.27. The van der Waals surface area contributed by atoms with E-state index in [-0.39, 0.29) is 18.1 Å². The van der Waals surface area contributed by atoms with Crippen molar-refractivity contribution in [3.63, 3.8) is 0 Å². The highest BCUT2D eigenvalue weighted by Gasteiger charge is 2.20. The van der Waals surface area contributed by atoms with Crippen LogP contribution in [0.4, 0.5) is 0 Å². The number of aliphatic hydroxyl groups is 1. The summed E-state index contributed by atoms with van der Waals surface area (Å²) in [6, 6.07) is 0.0419. The normalized spacial score (nSPS) is 19.7. The molecule has 1 aliphatic carbocycles. The van der Waals surface area contributed by atoms with Gasteiger partial charge in [0.15, 0.2) is 0 Å². The van der Waals surface area contributed by atoms with Gasteiger partial charge in [-0.2, -0.15) is 0 Å². The van der Waals surface area contributed by atoms with Crippen molar-refractivity contribution < 1.29 is 9.90 Å². The zero-order valence-electron chi connectivity index (χ0n) is 9.62. The Morgan fingerprint density at radius 2 is 2.13 bits per heavy atom. The van der Waals surface area contributed by atoms with Crippen molar-refractivity contribution in [2.75, 3.05) is 13.1 Å². The van der Waals surface area contributed by atoms with Gasteiger partial charge in [0.05, 0.1) is 12.6 Å². The van der Waals surface area contributed by atoms with Crippen LogP contribution in [0, 0.1) is 5.92 Å². The maximum atomic E-state index is 11.4. The molecule has 0 bridgehead atoms. The zero-order chi connectivity index (χ0) is 11.3. The maximum absolute atomic E-state index is 11.4. The molecular weight excluding hydrogens is 192 g/mol. The average Bonchev–Trinajstić information content (AvgIpc) is 2.85. The van der Waals surface area contributed by atoms with Gasteiger partial charge in [-0.3, -0.25) is 4.79 Å². The molecule has 2 unspecified atom stereocenters. The highest BCUT2D eigenvalue weighted by atomic mass is 16.3. The van der Waals surface area contributed by atoms with Crippen molar-refractivity contribution in [2.24, 2.45) is 5.92 Å². The fraction of sp³-hybridized carbons (Fsp3) is 0.909. The van der Waals surface area contributed by atoms with E-state index in [4.69, 9.17) is 5.11 Å². The first-order valence-corrected chi connectivity index (χ1v) is 5.76. The minimum atomic E-state index is -0.361. The third-order valence-corrected chi connectivity index (χ3v) is 2.52. The smallest absolute Gasteiger partial charge is 0.234 e. The van der Waals surface area contributed by atoms with Crippen molar-refractivity contribution in [3.05, 3.63) is 0 Å². The van der Waals surface area contributed by atoms with Crippen molar-refractivity contribution >= 4 is 5.91 Å². The van der Waals surface area contributed by atoms with Crippen molar-refractivity contribution in [1.29, 1.82) is 0 Å². The van der Waals surface area contributed by atoms with Crippen LogP contribution in [0.15, 0.2) is 0 Å². The predicted molar refractivity (Wildman–Crippen MR) is 59.5 cm³/mol. The molecule has 0 aromatic rings. The van der Waals surface area contributed by atoms with Crippen molar-refractivity contribution in [3.8, 4) is 0 Å². The molecule has 4 nitrogen and oxygen atoms in total. The summed E-state index contributed by atoms with van der Waals surface area (Å²) in [5.41, 5.74) is 0. The van der Waals surface area contributed by atoms with E-state index in [0.717, 1.165) is 12.5 Å². The summed E-state index contributed by atoms with van der Waals surface area (Å²) in [6.07, 6.45) is 2.84. The summed E-state index contributed by atoms with van der Waals surface area (Å²) >= 11 is 0. The summed E-state index contributed by atoms with van der Waals surface area (Å²) in [5, 5.41) is 15.1. The van der Waals surface area contributed by atoms with E-state index in [1.807, 2.05) is 6.92 Å². The zero-order valence-corrected chi connectivity index (χ0v) is 9.62. The fourth-order valence-electron chi connectivity index (χ4n) is 1.61. The lowest BCUT2D eigenvalue weighted by molar-refractivity contribution is -0.121. The second-order valence-corrected chi connectivity index (χ2v) is 4.63. The Balaban J connectivity index is 2.00. The van der Waals surface area contributed by atoms with Crippen LogP contribution in [0.1, 0.15) is 33.1 Å². The minimum absolute atomic E-state index is 0.0174. The van der Waals surface area contributed by atoms with Crippen molar-refractivity contribution in [1.82, 2.24) is 10.6 Å². The lowest BCUT2D eigenvalue weighted by Crippen LogP contribution is -2.40. The number of hydrogen-bond donors (Lipinski definition) is 3. The van der Waals surface area contributed by atoms with Crippen LogP contribution in [0.25, 0.3) is 0 Å². The third kappa shape index (κ3) is 6.47. The van der Waals surface area contributed by atoms with Crippen LogP contribution < -0.4 is 10.6 Å². The molecule has 3 N–H and O–H groups in total. The molecule has 1 amide bonds. The lowest BCUT2D eigenvalue weighted by Gasteiger charge is -2.15. The van der Waals surface area contributed by atoms with Gasteiger partial charge in [0.1, 0.15) is 0 Å². The van der Waals surface area contributed by atoms with Gasteiger partial charge >= 0.3 is 0 Å². The molecule has 1 saturated carbocycles. The Hall–Kier alpha value is -0.610. The van der Waals surface area contributed by atoms with E-state index in [1.165, 1.54) is 12.8 Å². The van der Waals surface area contributed by atoms with Gasteiger partial charge in [-0.05, 0) is 45.6 Å². The summed E-state index contributed by atoms with van der Waals surface area (Å²) in [7, 11) is 0.